The number of amides is 2. The molecule has 1 heterocycles. The van der Waals surface area contributed by atoms with E-state index < -0.39 is 5.91 Å². The van der Waals surface area contributed by atoms with Crippen LogP contribution in [0.5, 0.6) is 0 Å². The van der Waals surface area contributed by atoms with Crippen LogP contribution in [-0.4, -0.2) is 43.0 Å². The third kappa shape index (κ3) is 4.23. The van der Waals surface area contributed by atoms with Gasteiger partial charge in [0.1, 0.15) is 0 Å². The molecule has 0 spiro atoms. The van der Waals surface area contributed by atoms with Crippen molar-refractivity contribution in [1.82, 2.24) is 4.90 Å². The summed E-state index contributed by atoms with van der Waals surface area (Å²) in [7, 11) is 0. The minimum Gasteiger partial charge on any atom is -0.378 e. The summed E-state index contributed by atoms with van der Waals surface area (Å²) in [5, 5.41) is 2.79. The van der Waals surface area contributed by atoms with Gasteiger partial charge in [0.2, 0.25) is 5.91 Å². The van der Waals surface area contributed by atoms with Gasteiger partial charge in [-0.3, -0.25) is 14.5 Å². The highest BCUT2D eigenvalue weighted by Gasteiger charge is 2.26. The molecule has 6 nitrogen and oxygen atoms in total. The SMILES string of the molecule is NC(=O)c1ccccc1NC(=O)CN1CCOC[C@H]1c1ccccc1. The van der Waals surface area contributed by atoms with Gasteiger partial charge in [0, 0.05) is 6.54 Å². The Hall–Kier alpha value is -2.70. The number of nitrogens with zero attached hydrogens (tertiary/aromatic N) is 1. The Labute approximate surface area is 146 Å². The summed E-state index contributed by atoms with van der Waals surface area (Å²) < 4.78 is 5.58. The maximum atomic E-state index is 12.5. The molecule has 0 radical (unpaired) electrons. The number of para-hydroxylation sites is 1. The molecular formula is C19H21N3O3. The lowest BCUT2D eigenvalue weighted by atomic mass is 10.0. The zero-order chi connectivity index (χ0) is 17.6. The van der Waals surface area contributed by atoms with Crippen molar-refractivity contribution in [2.45, 2.75) is 6.04 Å². The zero-order valence-corrected chi connectivity index (χ0v) is 13.9. The molecule has 0 saturated carbocycles. The topological polar surface area (TPSA) is 84.7 Å². The molecule has 2 aromatic rings. The molecule has 25 heavy (non-hydrogen) atoms. The summed E-state index contributed by atoms with van der Waals surface area (Å²) in [5.41, 5.74) is 7.21. The largest absolute Gasteiger partial charge is 0.378 e. The molecule has 2 amide bonds. The van der Waals surface area contributed by atoms with E-state index in [0.29, 0.717) is 31.0 Å². The average Bonchev–Trinajstić information content (AvgIpc) is 2.63. The fraction of sp³-hybridized carbons (Fsp3) is 0.263. The number of carbonyl (C=O) groups excluding carboxylic acids is 2. The van der Waals surface area contributed by atoms with E-state index in [2.05, 4.69) is 10.2 Å². The van der Waals surface area contributed by atoms with Crippen molar-refractivity contribution >= 4 is 17.5 Å². The summed E-state index contributed by atoms with van der Waals surface area (Å²) in [6.07, 6.45) is 0. The number of primary amides is 1. The Bertz CT molecular complexity index is 749. The number of ether oxygens (including phenoxy) is 1. The van der Waals surface area contributed by atoms with Gasteiger partial charge in [0.05, 0.1) is 37.1 Å². The van der Waals surface area contributed by atoms with Crippen LogP contribution in [0, 0.1) is 0 Å². The fourth-order valence-electron chi connectivity index (χ4n) is 2.99. The van der Waals surface area contributed by atoms with Gasteiger partial charge in [-0.05, 0) is 17.7 Å². The van der Waals surface area contributed by atoms with Crippen LogP contribution < -0.4 is 11.1 Å². The van der Waals surface area contributed by atoms with Crippen LogP contribution in [0.1, 0.15) is 22.0 Å². The van der Waals surface area contributed by atoms with E-state index in [1.54, 1.807) is 24.3 Å². The lowest BCUT2D eigenvalue weighted by molar-refractivity contribution is -0.119. The average molecular weight is 339 g/mol. The molecule has 0 bridgehead atoms. The molecular weight excluding hydrogens is 318 g/mol. The number of hydrogen-bond donors (Lipinski definition) is 2. The number of morpholine rings is 1. The van der Waals surface area contributed by atoms with Gasteiger partial charge in [-0.15, -0.1) is 0 Å². The molecule has 1 aliphatic rings. The Balaban J connectivity index is 1.70. The normalized spacial score (nSPS) is 17.8. The predicted octanol–water partition coefficient (Wildman–Crippen LogP) is 1.80. The number of benzene rings is 2. The van der Waals surface area contributed by atoms with Gasteiger partial charge < -0.3 is 15.8 Å². The van der Waals surface area contributed by atoms with Crippen LogP contribution >= 0.6 is 0 Å². The first-order valence-corrected chi connectivity index (χ1v) is 8.20. The molecule has 1 atom stereocenters. The first-order valence-electron chi connectivity index (χ1n) is 8.20. The fourth-order valence-corrected chi connectivity index (χ4v) is 2.99. The Morgan fingerprint density at radius 2 is 1.84 bits per heavy atom. The summed E-state index contributed by atoms with van der Waals surface area (Å²) >= 11 is 0. The summed E-state index contributed by atoms with van der Waals surface area (Å²) in [4.78, 5) is 26.0. The smallest absolute Gasteiger partial charge is 0.250 e. The van der Waals surface area contributed by atoms with Crippen LogP contribution in [0.2, 0.25) is 0 Å². The van der Waals surface area contributed by atoms with E-state index in [9.17, 15) is 9.59 Å². The van der Waals surface area contributed by atoms with E-state index in [1.165, 1.54) is 0 Å². The summed E-state index contributed by atoms with van der Waals surface area (Å²) in [6, 6.07) is 16.8. The molecule has 3 N–H and O–H groups in total. The van der Waals surface area contributed by atoms with Crippen molar-refractivity contribution in [3.63, 3.8) is 0 Å². The van der Waals surface area contributed by atoms with E-state index in [0.717, 1.165) is 5.56 Å². The molecule has 3 rings (SSSR count). The highest BCUT2D eigenvalue weighted by Crippen LogP contribution is 2.24. The van der Waals surface area contributed by atoms with Gasteiger partial charge in [-0.2, -0.15) is 0 Å². The molecule has 1 fully saturated rings. The third-order valence-corrected chi connectivity index (χ3v) is 4.24. The van der Waals surface area contributed by atoms with Crippen molar-refractivity contribution in [2.24, 2.45) is 5.73 Å². The summed E-state index contributed by atoms with van der Waals surface area (Å²) in [6.45, 7) is 2.03. The standard InChI is InChI=1S/C19H21N3O3/c20-19(24)15-8-4-5-9-16(15)21-18(23)12-22-10-11-25-13-17(22)14-6-2-1-3-7-14/h1-9,17H,10-13H2,(H2,20,24)(H,21,23)/t17-/m0/s1. The number of nitrogens with one attached hydrogen (secondary N) is 1. The van der Waals surface area contributed by atoms with Gasteiger partial charge in [-0.25, -0.2) is 0 Å². The maximum absolute atomic E-state index is 12.5. The second-order valence-corrected chi connectivity index (χ2v) is 5.93. The number of carbonyl (C=O) groups is 2. The van der Waals surface area contributed by atoms with Crippen molar-refractivity contribution in [2.75, 3.05) is 31.6 Å². The van der Waals surface area contributed by atoms with Crippen LogP contribution in [-0.2, 0) is 9.53 Å². The molecule has 2 aromatic carbocycles. The molecule has 0 aliphatic carbocycles. The predicted molar refractivity (Wildman–Crippen MR) is 95.2 cm³/mol. The van der Waals surface area contributed by atoms with Crippen molar-refractivity contribution in [3.8, 4) is 0 Å². The Morgan fingerprint density at radius 1 is 1.12 bits per heavy atom. The quantitative estimate of drug-likeness (QED) is 0.870. The van der Waals surface area contributed by atoms with Crippen molar-refractivity contribution in [3.05, 3.63) is 65.7 Å². The number of anilines is 1. The van der Waals surface area contributed by atoms with E-state index in [-0.39, 0.29) is 18.5 Å². The van der Waals surface area contributed by atoms with E-state index in [4.69, 9.17) is 10.5 Å². The minimum absolute atomic E-state index is 0.0343. The van der Waals surface area contributed by atoms with Gasteiger partial charge >= 0.3 is 0 Å². The van der Waals surface area contributed by atoms with Crippen molar-refractivity contribution < 1.29 is 14.3 Å². The van der Waals surface area contributed by atoms with Crippen LogP contribution in [0.15, 0.2) is 54.6 Å². The second kappa shape index (κ2) is 7.92. The Kier molecular flexibility index (Phi) is 5.42. The van der Waals surface area contributed by atoms with Gasteiger partial charge in [0.15, 0.2) is 0 Å². The van der Waals surface area contributed by atoms with E-state index in [1.807, 2.05) is 30.3 Å². The molecule has 130 valence electrons. The number of rotatable bonds is 5. The van der Waals surface area contributed by atoms with Gasteiger partial charge in [-0.1, -0.05) is 42.5 Å². The first kappa shape index (κ1) is 17.1. The lowest BCUT2D eigenvalue weighted by Gasteiger charge is -2.35. The molecule has 6 heteroatoms. The molecule has 1 aliphatic heterocycles. The third-order valence-electron chi connectivity index (χ3n) is 4.24. The molecule has 0 aromatic heterocycles. The number of nitrogens with two attached hydrogens (primary N) is 1. The van der Waals surface area contributed by atoms with Crippen LogP contribution in [0.3, 0.4) is 0 Å². The monoisotopic (exact) mass is 339 g/mol. The maximum Gasteiger partial charge on any atom is 0.250 e. The first-order chi connectivity index (χ1) is 12.1. The van der Waals surface area contributed by atoms with Crippen LogP contribution in [0.4, 0.5) is 5.69 Å². The summed E-state index contributed by atoms with van der Waals surface area (Å²) in [5.74, 6) is -0.749. The van der Waals surface area contributed by atoms with E-state index >= 15 is 0 Å². The second-order valence-electron chi connectivity index (χ2n) is 5.93. The molecule has 1 saturated heterocycles. The highest BCUT2D eigenvalue weighted by atomic mass is 16.5. The Morgan fingerprint density at radius 3 is 2.60 bits per heavy atom. The zero-order valence-electron chi connectivity index (χ0n) is 13.9. The highest BCUT2D eigenvalue weighted by molar-refractivity contribution is 6.03. The van der Waals surface area contributed by atoms with Gasteiger partial charge in [0.25, 0.3) is 5.91 Å². The van der Waals surface area contributed by atoms with Crippen molar-refractivity contribution in [1.29, 1.82) is 0 Å². The van der Waals surface area contributed by atoms with Crippen LogP contribution in [0.25, 0.3) is 0 Å². The molecule has 0 unspecified atom stereocenters. The number of hydrogen-bond acceptors (Lipinski definition) is 4. The lowest BCUT2D eigenvalue weighted by Crippen LogP contribution is -2.43. The minimum atomic E-state index is -0.565.